The Morgan fingerprint density at radius 1 is 1.21 bits per heavy atom. The summed E-state index contributed by atoms with van der Waals surface area (Å²) in [6, 6.07) is 10.4. The van der Waals surface area contributed by atoms with E-state index in [9.17, 15) is 0 Å². The van der Waals surface area contributed by atoms with Gasteiger partial charge in [0.2, 0.25) is 0 Å². The second kappa shape index (κ2) is 7.29. The summed E-state index contributed by atoms with van der Waals surface area (Å²) in [6.07, 6.45) is 5.40. The van der Waals surface area contributed by atoms with Crippen LogP contribution in [-0.4, -0.2) is 55.7 Å². The maximum absolute atomic E-state index is 5.58. The molecular formula is C21H23N7O. The van der Waals surface area contributed by atoms with E-state index < -0.39 is 0 Å². The Morgan fingerprint density at radius 2 is 2.14 bits per heavy atom. The molecule has 0 amide bonds. The Kier molecular flexibility index (Phi) is 4.48. The maximum atomic E-state index is 5.58. The van der Waals surface area contributed by atoms with Crippen LogP contribution in [0, 0.1) is 0 Å². The summed E-state index contributed by atoms with van der Waals surface area (Å²) >= 11 is 0. The van der Waals surface area contributed by atoms with Crippen molar-refractivity contribution in [2.45, 2.75) is 25.9 Å². The molecule has 0 saturated carbocycles. The topological polar surface area (TPSA) is 84.8 Å². The third kappa shape index (κ3) is 3.15. The van der Waals surface area contributed by atoms with Crippen LogP contribution in [0.1, 0.15) is 25.5 Å². The molecule has 0 bridgehead atoms. The average molecular weight is 389 g/mol. The van der Waals surface area contributed by atoms with E-state index in [0.29, 0.717) is 6.61 Å². The lowest BCUT2D eigenvalue weighted by Gasteiger charge is -2.34. The molecule has 2 atom stereocenters. The number of rotatable bonds is 4. The average Bonchev–Trinajstić information content (AvgIpc) is 3.42. The number of anilines is 1. The van der Waals surface area contributed by atoms with Crippen molar-refractivity contribution >= 4 is 16.9 Å². The lowest BCUT2D eigenvalue weighted by molar-refractivity contribution is 0.0986. The summed E-state index contributed by atoms with van der Waals surface area (Å²) in [5.41, 5.74) is 4.60. The van der Waals surface area contributed by atoms with E-state index in [1.54, 1.807) is 12.4 Å². The Bertz CT molecular complexity index is 1110. The van der Waals surface area contributed by atoms with E-state index in [1.807, 2.05) is 23.0 Å². The first-order valence-corrected chi connectivity index (χ1v) is 9.85. The van der Waals surface area contributed by atoms with Crippen molar-refractivity contribution in [1.82, 2.24) is 29.9 Å². The predicted molar refractivity (Wildman–Crippen MR) is 111 cm³/mol. The third-order valence-electron chi connectivity index (χ3n) is 5.49. The molecule has 1 unspecified atom stereocenters. The predicted octanol–water partition coefficient (Wildman–Crippen LogP) is 3.05. The van der Waals surface area contributed by atoms with Crippen LogP contribution in [0.4, 0.5) is 5.82 Å². The highest BCUT2D eigenvalue weighted by atomic mass is 16.5. The molecule has 1 fully saturated rings. The van der Waals surface area contributed by atoms with Crippen LogP contribution in [0.25, 0.3) is 22.4 Å². The van der Waals surface area contributed by atoms with Crippen LogP contribution in [0.3, 0.4) is 0 Å². The molecule has 8 nitrogen and oxygen atoms in total. The quantitative estimate of drug-likeness (QED) is 0.577. The van der Waals surface area contributed by atoms with Crippen LogP contribution < -0.4 is 4.90 Å². The van der Waals surface area contributed by atoms with Gasteiger partial charge in [0.05, 0.1) is 36.5 Å². The standard InChI is InChI=1S/C21H23N7O/c1-14-13-29-11-10-27(14)19-6-5-18-21(24-19)20(17-7-9-23-25-17)26-28(18)15(2)16-4-3-8-22-12-16/h3-9,12,14-15H,10-11,13H2,1-2H3,(H,23,25)/t14-,15?/m1/s1. The molecule has 4 aromatic rings. The largest absolute Gasteiger partial charge is 0.377 e. The molecule has 148 valence electrons. The van der Waals surface area contributed by atoms with E-state index >= 15 is 0 Å². The summed E-state index contributed by atoms with van der Waals surface area (Å²) in [6.45, 7) is 6.55. The monoisotopic (exact) mass is 389 g/mol. The van der Waals surface area contributed by atoms with Gasteiger partial charge in [-0.2, -0.15) is 10.2 Å². The van der Waals surface area contributed by atoms with Crippen molar-refractivity contribution < 1.29 is 4.74 Å². The smallest absolute Gasteiger partial charge is 0.137 e. The first kappa shape index (κ1) is 17.8. The number of nitrogens with zero attached hydrogens (tertiary/aromatic N) is 6. The normalized spacial score (nSPS) is 18.3. The molecule has 1 N–H and O–H groups in total. The van der Waals surface area contributed by atoms with E-state index in [0.717, 1.165) is 47.0 Å². The Morgan fingerprint density at radius 3 is 2.90 bits per heavy atom. The number of H-pyrrole nitrogens is 1. The van der Waals surface area contributed by atoms with Crippen LogP contribution in [-0.2, 0) is 4.74 Å². The minimum atomic E-state index is 0.0258. The number of aromatic nitrogens is 6. The number of hydrogen-bond acceptors (Lipinski definition) is 6. The number of pyridine rings is 2. The van der Waals surface area contributed by atoms with Gasteiger partial charge in [0, 0.05) is 25.1 Å². The summed E-state index contributed by atoms with van der Waals surface area (Å²) in [4.78, 5) is 11.6. The van der Waals surface area contributed by atoms with Crippen molar-refractivity contribution in [2.75, 3.05) is 24.7 Å². The minimum Gasteiger partial charge on any atom is -0.377 e. The summed E-state index contributed by atoms with van der Waals surface area (Å²) < 4.78 is 7.60. The highest BCUT2D eigenvalue weighted by Crippen LogP contribution is 2.31. The summed E-state index contributed by atoms with van der Waals surface area (Å²) in [5, 5.41) is 12.1. The molecule has 1 aliphatic heterocycles. The zero-order valence-electron chi connectivity index (χ0n) is 16.5. The zero-order valence-corrected chi connectivity index (χ0v) is 16.5. The van der Waals surface area contributed by atoms with Crippen molar-refractivity contribution in [1.29, 1.82) is 0 Å². The van der Waals surface area contributed by atoms with Gasteiger partial charge in [-0.1, -0.05) is 6.07 Å². The maximum Gasteiger partial charge on any atom is 0.137 e. The molecule has 0 radical (unpaired) electrons. The van der Waals surface area contributed by atoms with Gasteiger partial charge in [-0.05, 0) is 43.7 Å². The van der Waals surface area contributed by atoms with Gasteiger partial charge in [-0.3, -0.25) is 14.8 Å². The summed E-state index contributed by atoms with van der Waals surface area (Å²) in [5.74, 6) is 0.947. The Balaban J connectivity index is 1.65. The second-order valence-corrected chi connectivity index (χ2v) is 7.38. The molecule has 0 aromatic carbocycles. The Hall–Kier alpha value is -3.26. The van der Waals surface area contributed by atoms with Gasteiger partial charge in [-0.25, -0.2) is 4.98 Å². The molecule has 5 heterocycles. The van der Waals surface area contributed by atoms with Gasteiger partial charge in [-0.15, -0.1) is 0 Å². The fraction of sp³-hybridized carbons (Fsp3) is 0.333. The molecule has 8 heteroatoms. The molecule has 29 heavy (non-hydrogen) atoms. The van der Waals surface area contributed by atoms with Crippen LogP contribution in [0.5, 0.6) is 0 Å². The van der Waals surface area contributed by atoms with Gasteiger partial charge >= 0.3 is 0 Å². The van der Waals surface area contributed by atoms with E-state index in [4.69, 9.17) is 14.8 Å². The number of nitrogens with one attached hydrogen (secondary N) is 1. The molecule has 1 saturated heterocycles. The van der Waals surface area contributed by atoms with Crippen molar-refractivity contribution in [3.63, 3.8) is 0 Å². The number of fused-ring (bicyclic) bond motifs is 1. The fourth-order valence-corrected chi connectivity index (χ4v) is 3.87. The number of ether oxygens (including phenoxy) is 1. The molecule has 1 aliphatic rings. The minimum absolute atomic E-state index is 0.0258. The lowest BCUT2D eigenvalue weighted by Crippen LogP contribution is -2.44. The van der Waals surface area contributed by atoms with E-state index in [2.05, 4.69) is 52.1 Å². The Labute approximate surface area is 168 Å². The van der Waals surface area contributed by atoms with Crippen LogP contribution in [0.2, 0.25) is 0 Å². The zero-order chi connectivity index (χ0) is 19.8. The second-order valence-electron chi connectivity index (χ2n) is 7.38. The van der Waals surface area contributed by atoms with Crippen molar-refractivity contribution in [3.8, 4) is 11.4 Å². The first-order valence-electron chi connectivity index (χ1n) is 9.85. The van der Waals surface area contributed by atoms with Gasteiger partial charge < -0.3 is 9.64 Å². The molecule has 0 spiro atoms. The summed E-state index contributed by atoms with van der Waals surface area (Å²) in [7, 11) is 0. The molecular weight excluding hydrogens is 366 g/mol. The number of morpholine rings is 1. The lowest BCUT2D eigenvalue weighted by atomic mass is 10.1. The van der Waals surface area contributed by atoms with E-state index in [1.165, 1.54) is 0 Å². The number of aromatic amines is 1. The molecule has 5 rings (SSSR count). The van der Waals surface area contributed by atoms with Gasteiger partial charge in [0.1, 0.15) is 17.0 Å². The van der Waals surface area contributed by atoms with Crippen LogP contribution in [0.15, 0.2) is 48.9 Å². The SMILES string of the molecule is CC(c1cccnc1)n1nc(-c2ccn[nH]2)c2nc(N3CCOC[C@H]3C)ccc21. The highest BCUT2D eigenvalue weighted by molar-refractivity contribution is 5.90. The first-order chi connectivity index (χ1) is 14.2. The van der Waals surface area contributed by atoms with Crippen molar-refractivity contribution in [2.24, 2.45) is 0 Å². The highest BCUT2D eigenvalue weighted by Gasteiger charge is 2.24. The fourth-order valence-electron chi connectivity index (χ4n) is 3.87. The van der Waals surface area contributed by atoms with Gasteiger partial charge in [0.25, 0.3) is 0 Å². The third-order valence-corrected chi connectivity index (χ3v) is 5.49. The molecule has 4 aromatic heterocycles. The number of hydrogen-bond donors (Lipinski definition) is 1. The molecule has 0 aliphatic carbocycles. The van der Waals surface area contributed by atoms with Crippen molar-refractivity contribution in [3.05, 3.63) is 54.5 Å². The van der Waals surface area contributed by atoms with E-state index in [-0.39, 0.29) is 12.1 Å². The van der Waals surface area contributed by atoms with Crippen LogP contribution >= 0.6 is 0 Å². The van der Waals surface area contributed by atoms with Gasteiger partial charge in [0.15, 0.2) is 0 Å².